The molecule has 0 amide bonds. The summed E-state index contributed by atoms with van der Waals surface area (Å²) in [7, 11) is 0. The van der Waals surface area contributed by atoms with Crippen molar-refractivity contribution in [1.82, 2.24) is 0 Å². The molecule has 0 aliphatic rings. The lowest BCUT2D eigenvalue weighted by Gasteiger charge is -2.29. The van der Waals surface area contributed by atoms with Gasteiger partial charge in [-0.1, -0.05) is 32.1 Å². The van der Waals surface area contributed by atoms with Crippen LogP contribution in [0.5, 0.6) is 0 Å². The van der Waals surface area contributed by atoms with Crippen molar-refractivity contribution < 1.29 is 0 Å². The molecule has 0 bridgehead atoms. The van der Waals surface area contributed by atoms with Gasteiger partial charge in [-0.15, -0.1) is 19.7 Å². The summed E-state index contributed by atoms with van der Waals surface area (Å²) in [6.07, 6.45) is 8.10. The van der Waals surface area contributed by atoms with E-state index in [1.807, 2.05) is 18.2 Å². The molecule has 0 heteroatoms. The first-order chi connectivity index (χ1) is 5.58. The van der Waals surface area contributed by atoms with Crippen molar-refractivity contribution in [2.75, 3.05) is 0 Å². The maximum absolute atomic E-state index is 3.81. The first-order valence-electron chi connectivity index (χ1n) is 4.44. The lowest BCUT2D eigenvalue weighted by atomic mass is 9.75. The third-order valence-corrected chi connectivity index (χ3v) is 2.40. The Hall–Kier alpha value is -0.780. The molecule has 0 aromatic heterocycles. The van der Waals surface area contributed by atoms with Crippen LogP contribution >= 0.6 is 0 Å². The van der Waals surface area contributed by atoms with E-state index in [1.54, 1.807) is 0 Å². The first kappa shape index (κ1) is 11.2. The Balaban J connectivity index is 4.22. The van der Waals surface area contributed by atoms with E-state index in [0.717, 1.165) is 12.8 Å². The summed E-state index contributed by atoms with van der Waals surface area (Å²) in [5.41, 5.74) is 0.262. The van der Waals surface area contributed by atoms with Gasteiger partial charge in [0.05, 0.1) is 0 Å². The van der Waals surface area contributed by atoms with Crippen molar-refractivity contribution in [3.05, 3.63) is 38.0 Å². The van der Waals surface area contributed by atoms with Gasteiger partial charge in [0.2, 0.25) is 0 Å². The van der Waals surface area contributed by atoms with Gasteiger partial charge in [-0.05, 0) is 24.2 Å². The Labute approximate surface area is 76.7 Å². The van der Waals surface area contributed by atoms with Crippen LogP contribution in [0.1, 0.15) is 26.7 Å². The summed E-state index contributed by atoms with van der Waals surface area (Å²) in [4.78, 5) is 0. The van der Waals surface area contributed by atoms with Crippen LogP contribution in [0, 0.1) is 11.3 Å². The molecule has 0 N–H and O–H groups in total. The highest BCUT2D eigenvalue weighted by Gasteiger charge is 2.23. The van der Waals surface area contributed by atoms with Crippen molar-refractivity contribution in [3.63, 3.8) is 0 Å². The molecule has 0 heterocycles. The van der Waals surface area contributed by atoms with Crippen LogP contribution in [0.4, 0.5) is 0 Å². The van der Waals surface area contributed by atoms with Crippen LogP contribution < -0.4 is 0 Å². The predicted molar refractivity (Wildman–Crippen MR) is 57.1 cm³/mol. The van der Waals surface area contributed by atoms with Crippen LogP contribution in [-0.2, 0) is 0 Å². The standard InChI is InChI=1S/C12H20/c1-6-9-10-12(4,5)11(7-2)8-3/h6-8,11H,1-3,9-10H2,4-5H3. The second kappa shape index (κ2) is 4.97. The zero-order valence-electron chi connectivity index (χ0n) is 8.34. The minimum absolute atomic E-state index is 0.262. The van der Waals surface area contributed by atoms with Gasteiger partial charge in [0.15, 0.2) is 0 Å². The van der Waals surface area contributed by atoms with E-state index in [4.69, 9.17) is 0 Å². The molecule has 0 saturated heterocycles. The third kappa shape index (κ3) is 3.08. The van der Waals surface area contributed by atoms with Gasteiger partial charge in [-0.25, -0.2) is 0 Å². The Morgan fingerprint density at radius 1 is 1.17 bits per heavy atom. The van der Waals surface area contributed by atoms with Crippen molar-refractivity contribution in [2.45, 2.75) is 26.7 Å². The Kier molecular flexibility index (Phi) is 4.65. The molecule has 0 radical (unpaired) electrons. The van der Waals surface area contributed by atoms with Crippen molar-refractivity contribution in [3.8, 4) is 0 Å². The van der Waals surface area contributed by atoms with Gasteiger partial charge in [0.25, 0.3) is 0 Å². The van der Waals surface area contributed by atoms with E-state index in [9.17, 15) is 0 Å². The molecule has 0 nitrogen and oxygen atoms in total. The molecule has 0 spiro atoms. The fourth-order valence-corrected chi connectivity index (χ4v) is 1.38. The summed E-state index contributed by atoms with van der Waals surface area (Å²) >= 11 is 0. The average molecular weight is 164 g/mol. The minimum Gasteiger partial charge on any atom is -0.103 e. The van der Waals surface area contributed by atoms with Gasteiger partial charge in [0.1, 0.15) is 0 Å². The minimum atomic E-state index is 0.262. The Morgan fingerprint density at radius 3 is 2.00 bits per heavy atom. The van der Waals surface area contributed by atoms with Crippen LogP contribution in [-0.4, -0.2) is 0 Å². The number of rotatable bonds is 6. The van der Waals surface area contributed by atoms with Gasteiger partial charge < -0.3 is 0 Å². The van der Waals surface area contributed by atoms with E-state index in [1.165, 1.54) is 0 Å². The van der Waals surface area contributed by atoms with Crippen LogP contribution in [0.15, 0.2) is 38.0 Å². The topological polar surface area (TPSA) is 0 Å². The van der Waals surface area contributed by atoms with Gasteiger partial charge >= 0.3 is 0 Å². The number of allylic oxidation sites excluding steroid dienone is 3. The number of hydrogen-bond donors (Lipinski definition) is 0. The van der Waals surface area contributed by atoms with E-state index < -0.39 is 0 Å². The van der Waals surface area contributed by atoms with Gasteiger partial charge in [-0.2, -0.15) is 0 Å². The molecule has 0 saturated carbocycles. The average Bonchev–Trinajstić information content (AvgIpc) is 2.03. The van der Waals surface area contributed by atoms with Crippen molar-refractivity contribution in [2.24, 2.45) is 11.3 Å². The maximum Gasteiger partial charge on any atom is -0.000748 e. The Bertz CT molecular complexity index is 155. The quantitative estimate of drug-likeness (QED) is 0.521. The third-order valence-electron chi connectivity index (χ3n) is 2.40. The van der Waals surface area contributed by atoms with Crippen molar-refractivity contribution >= 4 is 0 Å². The zero-order valence-corrected chi connectivity index (χ0v) is 8.34. The van der Waals surface area contributed by atoms with E-state index in [-0.39, 0.29) is 5.41 Å². The highest BCUT2D eigenvalue weighted by molar-refractivity contribution is 5.00. The van der Waals surface area contributed by atoms with Crippen LogP contribution in [0.2, 0.25) is 0 Å². The summed E-state index contributed by atoms with van der Waals surface area (Å²) in [5.74, 6) is 0.400. The highest BCUT2D eigenvalue weighted by Crippen LogP contribution is 2.33. The predicted octanol–water partition coefficient (Wildman–Crippen LogP) is 3.97. The number of hydrogen-bond acceptors (Lipinski definition) is 0. The molecular formula is C12H20. The monoisotopic (exact) mass is 164 g/mol. The smallest absolute Gasteiger partial charge is 0.000748 e. The van der Waals surface area contributed by atoms with E-state index in [0.29, 0.717) is 5.92 Å². The van der Waals surface area contributed by atoms with Crippen molar-refractivity contribution in [1.29, 1.82) is 0 Å². The molecule has 0 aromatic rings. The zero-order chi connectivity index (χ0) is 9.61. The summed E-state index contributed by atoms with van der Waals surface area (Å²) in [6, 6.07) is 0. The summed E-state index contributed by atoms with van der Waals surface area (Å²) in [5, 5.41) is 0. The molecule has 68 valence electrons. The Morgan fingerprint density at radius 2 is 1.67 bits per heavy atom. The lowest BCUT2D eigenvalue weighted by Crippen LogP contribution is -2.20. The van der Waals surface area contributed by atoms with E-state index in [2.05, 4.69) is 33.6 Å². The van der Waals surface area contributed by atoms with Crippen LogP contribution in [0.3, 0.4) is 0 Å². The first-order valence-corrected chi connectivity index (χ1v) is 4.44. The van der Waals surface area contributed by atoms with Crippen LogP contribution in [0.25, 0.3) is 0 Å². The molecular weight excluding hydrogens is 144 g/mol. The van der Waals surface area contributed by atoms with E-state index >= 15 is 0 Å². The fraction of sp³-hybridized carbons (Fsp3) is 0.500. The molecule has 0 unspecified atom stereocenters. The molecule has 0 fully saturated rings. The molecule has 0 aromatic carbocycles. The largest absolute Gasteiger partial charge is 0.103 e. The lowest BCUT2D eigenvalue weighted by molar-refractivity contribution is 0.281. The summed E-state index contributed by atoms with van der Waals surface area (Å²) in [6.45, 7) is 15.8. The maximum atomic E-state index is 3.81. The fourth-order valence-electron chi connectivity index (χ4n) is 1.38. The normalized spacial score (nSPS) is 11.2. The second-order valence-corrected chi connectivity index (χ2v) is 3.81. The van der Waals surface area contributed by atoms with Gasteiger partial charge in [-0.3, -0.25) is 0 Å². The molecule has 0 aliphatic heterocycles. The summed E-state index contributed by atoms with van der Waals surface area (Å²) < 4.78 is 0. The molecule has 12 heavy (non-hydrogen) atoms. The molecule has 0 atom stereocenters. The molecule has 0 aliphatic carbocycles. The SMILES string of the molecule is C=CCCC(C)(C)C(C=C)C=C. The van der Waals surface area contributed by atoms with Gasteiger partial charge in [0, 0.05) is 0 Å². The highest BCUT2D eigenvalue weighted by atomic mass is 14.3. The second-order valence-electron chi connectivity index (χ2n) is 3.81. The molecule has 0 rings (SSSR count).